The molecule has 1 heterocycles. The summed E-state index contributed by atoms with van der Waals surface area (Å²) in [6, 6.07) is 5.86. The number of carbonyl (C=O) groups excluding carboxylic acids is 1. The van der Waals surface area contributed by atoms with E-state index in [4.69, 9.17) is 4.74 Å². The summed E-state index contributed by atoms with van der Waals surface area (Å²) >= 11 is 1.47. The third-order valence-electron chi connectivity index (χ3n) is 2.28. The van der Waals surface area contributed by atoms with E-state index in [0.717, 1.165) is 28.2 Å². The first-order valence-electron chi connectivity index (χ1n) is 4.80. The first-order valence-corrected chi connectivity index (χ1v) is 5.68. The largest absolute Gasteiger partial charge is 0.496 e. The topological polar surface area (TPSA) is 39.2 Å². The quantitative estimate of drug-likeness (QED) is 0.765. The molecule has 16 heavy (non-hydrogen) atoms. The molecule has 2 rings (SSSR count). The third kappa shape index (κ3) is 1.97. The van der Waals surface area contributed by atoms with Gasteiger partial charge in [-0.1, -0.05) is 0 Å². The molecule has 4 heteroatoms. The van der Waals surface area contributed by atoms with Gasteiger partial charge in [0, 0.05) is 10.9 Å². The van der Waals surface area contributed by atoms with Gasteiger partial charge in [-0.05, 0) is 30.7 Å². The summed E-state index contributed by atoms with van der Waals surface area (Å²) in [7, 11) is 1.65. The summed E-state index contributed by atoms with van der Waals surface area (Å²) in [5.41, 5.74) is 2.55. The average Bonchev–Trinajstić information content (AvgIpc) is 2.77. The summed E-state index contributed by atoms with van der Waals surface area (Å²) in [5, 5.41) is 2.61. The predicted molar refractivity (Wildman–Crippen MR) is 64.2 cm³/mol. The Morgan fingerprint density at radius 3 is 2.81 bits per heavy atom. The molecule has 0 fully saturated rings. The number of hydrogen-bond acceptors (Lipinski definition) is 4. The Morgan fingerprint density at radius 2 is 2.25 bits per heavy atom. The Labute approximate surface area is 97.7 Å². The maximum Gasteiger partial charge on any atom is 0.169 e. The van der Waals surface area contributed by atoms with Crippen molar-refractivity contribution in [1.82, 2.24) is 4.98 Å². The van der Waals surface area contributed by atoms with Crippen molar-refractivity contribution >= 4 is 17.6 Å². The number of methoxy groups -OCH3 is 1. The minimum Gasteiger partial charge on any atom is -0.496 e. The molecule has 0 aliphatic carbocycles. The summed E-state index contributed by atoms with van der Waals surface area (Å²) < 4.78 is 5.19. The number of aldehydes is 1. The maximum absolute atomic E-state index is 10.5. The number of benzene rings is 1. The highest BCUT2D eigenvalue weighted by molar-refractivity contribution is 7.13. The van der Waals surface area contributed by atoms with Gasteiger partial charge in [0.1, 0.15) is 16.5 Å². The number of nitrogens with zero attached hydrogens (tertiary/aromatic N) is 1. The minimum absolute atomic E-state index is 0.480. The smallest absolute Gasteiger partial charge is 0.169 e. The zero-order valence-electron chi connectivity index (χ0n) is 9.06. The van der Waals surface area contributed by atoms with Gasteiger partial charge in [0.25, 0.3) is 0 Å². The Morgan fingerprint density at radius 1 is 1.44 bits per heavy atom. The van der Waals surface area contributed by atoms with Crippen LogP contribution in [0.4, 0.5) is 0 Å². The van der Waals surface area contributed by atoms with E-state index >= 15 is 0 Å². The first kappa shape index (κ1) is 10.8. The standard InChI is InChI=1S/C12H11NO2S/c1-8-5-9(3-4-11(8)15-2)12-13-10(6-14)7-16-12/h3-7H,1-2H3. The van der Waals surface area contributed by atoms with Crippen molar-refractivity contribution in [1.29, 1.82) is 0 Å². The van der Waals surface area contributed by atoms with E-state index in [1.165, 1.54) is 11.3 Å². The van der Waals surface area contributed by atoms with Gasteiger partial charge in [-0.15, -0.1) is 11.3 Å². The van der Waals surface area contributed by atoms with Crippen LogP contribution in [0.5, 0.6) is 5.75 Å². The van der Waals surface area contributed by atoms with Crippen LogP contribution < -0.4 is 4.74 Å². The number of aromatic nitrogens is 1. The van der Waals surface area contributed by atoms with E-state index < -0.39 is 0 Å². The molecule has 0 radical (unpaired) electrons. The van der Waals surface area contributed by atoms with Crippen LogP contribution in [-0.2, 0) is 0 Å². The molecular weight excluding hydrogens is 222 g/mol. The lowest BCUT2D eigenvalue weighted by Crippen LogP contribution is -1.87. The molecule has 1 aromatic heterocycles. The first-order chi connectivity index (χ1) is 7.74. The van der Waals surface area contributed by atoms with Crippen LogP contribution in [0, 0.1) is 6.92 Å². The van der Waals surface area contributed by atoms with E-state index in [0.29, 0.717) is 5.69 Å². The van der Waals surface area contributed by atoms with E-state index in [2.05, 4.69) is 4.98 Å². The van der Waals surface area contributed by atoms with E-state index in [1.807, 2.05) is 25.1 Å². The van der Waals surface area contributed by atoms with Crippen LogP contribution >= 0.6 is 11.3 Å². The molecule has 0 unspecified atom stereocenters. The van der Waals surface area contributed by atoms with Crippen molar-refractivity contribution in [2.45, 2.75) is 6.92 Å². The minimum atomic E-state index is 0.480. The van der Waals surface area contributed by atoms with Crippen LogP contribution in [0.15, 0.2) is 23.6 Å². The molecule has 0 spiro atoms. The number of hydrogen-bond donors (Lipinski definition) is 0. The highest BCUT2D eigenvalue weighted by Crippen LogP contribution is 2.27. The predicted octanol–water partition coefficient (Wildman–Crippen LogP) is 2.94. The summed E-state index contributed by atoms with van der Waals surface area (Å²) in [5.74, 6) is 0.857. The van der Waals surface area contributed by atoms with Crippen molar-refractivity contribution in [3.63, 3.8) is 0 Å². The normalized spacial score (nSPS) is 10.1. The average molecular weight is 233 g/mol. The molecule has 0 aliphatic rings. The molecule has 0 bridgehead atoms. The third-order valence-corrected chi connectivity index (χ3v) is 3.19. The lowest BCUT2D eigenvalue weighted by Gasteiger charge is -2.05. The van der Waals surface area contributed by atoms with Gasteiger partial charge >= 0.3 is 0 Å². The maximum atomic E-state index is 10.5. The fraction of sp³-hybridized carbons (Fsp3) is 0.167. The van der Waals surface area contributed by atoms with Crippen molar-refractivity contribution < 1.29 is 9.53 Å². The molecule has 0 saturated heterocycles. The molecule has 0 N–H and O–H groups in total. The summed E-state index contributed by atoms with van der Waals surface area (Å²) in [6.45, 7) is 1.98. The number of carbonyl (C=O) groups is 1. The van der Waals surface area contributed by atoms with Crippen LogP contribution in [-0.4, -0.2) is 18.4 Å². The van der Waals surface area contributed by atoms with E-state index in [-0.39, 0.29) is 0 Å². The van der Waals surface area contributed by atoms with Crippen LogP contribution in [0.2, 0.25) is 0 Å². The van der Waals surface area contributed by atoms with E-state index in [9.17, 15) is 4.79 Å². The Bertz CT molecular complexity index is 519. The second kappa shape index (κ2) is 4.45. The zero-order valence-corrected chi connectivity index (χ0v) is 9.88. The molecule has 0 atom stereocenters. The summed E-state index contributed by atoms with van der Waals surface area (Å²) in [4.78, 5) is 14.7. The van der Waals surface area contributed by atoms with E-state index in [1.54, 1.807) is 12.5 Å². The number of thiazole rings is 1. The molecular formula is C12H11NO2S. The van der Waals surface area contributed by atoms with Gasteiger partial charge in [0.05, 0.1) is 7.11 Å². The second-order valence-electron chi connectivity index (χ2n) is 3.38. The van der Waals surface area contributed by atoms with Gasteiger partial charge < -0.3 is 4.74 Å². The van der Waals surface area contributed by atoms with Crippen molar-refractivity contribution in [2.24, 2.45) is 0 Å². The second-order valence-corrected chi connectivity index (χ2v) is 4.24. The Balaban J connectivity index is 2.40. The number of ether oxygens (including phenoxy) is 1. The molecule has 1 aromatic carbocycles. The Kier molecular flexibility index (Phi) is 3.01. The fourth-order valence-electron chi connectivity index (χ4n) is 1.48. The number of rotatable bonds is 3. The van der Waals surface area contributed by atoms with Crippen LogP contribution in [0.25, 0.3) is 10.6 Å². The van der Waals surface area contributed by atoms with Crippen molar-refractivity contribution in [3.05, 3.63) is 34.8 Å². The molecule has 3 nitrogen and oxygen atoms in total. The molecule has 0 amide bonds. The monoisotopic (exact) mass is 233 g/mol. The molecule has 2 aromatic rings. The van der Waals surface area contributed by atoms with Gasteiger partial charge in [0.2, 0.25) is 0 Å². The highest BCUT2D eigenvalue weighted by atomic mass is 32.1. The van der Waals surface area contributed by atoms with Crippen molar-refractivity contribution in [3.8, 4) is 16.3 Å². The fourth-order valence-corrected chi connectivity index (χ4v) is 2.25. The molecule has 0 aliphatic heterocycles. The van der Waals surface area contributed by atoms with Gasteiger partial charge in [0.15, 0.2) is 6.29 Å². The van der Waals surface area contributed by atoms with Gasteiger partial charge in [-0.2, -0.15) is 0 Å². The van der Waals surface area contributed by atoms with Crippen molar-refractivity contribution in [2.75, 3.05) is 7.11 Å². The SMILES string of the molecule is COc1ccc(-c2nc(C=O)cs2)cc1C. The molecule has 0 saturated carbocycles. The summed E-state index contributed by atoms with van der Waals surface area (Å²) in [6.07, 6.45) is 0.760. The Hall–Kier alpha value is -1.68. The van der Waals surface area contributed by atoms with Gasteiger partial charge in [-0.3, -0.25) is 4.79 Å². The lowest BCUT2D eigenvalue weighted by atomic mass is 10.1. The van der Waals surface area contributed by atoms with Crippen LogP contribution in [0.1, 0.15) is 16.1 Å². The zero-order chi connectivity index (χ0) is 11.5. The number of aryl methyl sites for hydroxylation is 1. The van der Waals surface area contributed by atoms with Crippen LogP contribution in [0.3, 0.4) is 0 Å². The highest BCUT2D eigenvalue weighted by Gasteiger charge is 2.06. The lowest BCUT2D eigenvalue weighted by molar-refractivity contribution is 0.111. The molecule has 82 valence electrons. The van der Waals surface area contributed by atoms with Gasteiger partial charge in [-0.25, -0.2) is 4.98 Å².